The molecule has 2 aromatic rings. The fraction of sp³-hybridized carbons (Fsp3) is 0.778. The first-order valence-corrected chi connectivity index (χ1v) is 70.0. The number of rotatable bonds is 18. The summed E-state index contributed by atoms with van der Waals surface area (Å²) >= 11 is 6.56. The summed E-state index contributed by atoms with van der Waals surface area (Å²) in [7, 11) is -16.9. The SMILES string of the molecule is C[Si](C)(C)C(c1[c]c(C([Si](C)(C)C)[Si](C)(C)C)cc(C([Si](C)(C)C)[Si](C)(C)C)c1)[Si](C)(C)C.C[Si](C)(C)C(c1cc(C([Si](C)(C)C)[Si](C)(C)C)c([S-])c(C([Si](C)(C)C)[Si](C)(C)C)c1)[Si](C)(C)C.[Pb]. The van der Waals surface area contributed by atoms with Gasteiger partial charge in [0.15, 0.2) is 0 Å². The van der Waals surface area contributed by atoms with E-state index in [1.165, 1.54) is 4.90 Å². The fourth-order valence-corrected chi connectivity index (χ4v) is 92.7. The maximum Gasteiger partial charge on any atom is 0.0493 e. The smallest absolute Gasteiger partial charge is 0.0493 e. The van der Waals surface area contributed by atoms with Crippen LogP contribution in [0.25, 0.3) is 0 Å². The molecule has 0 aliphatic carbocycles. The average molecular weight is 1340 g/mol. The zero-order valence-electron chi connectivity index (χ0n) is 52.7. The first-order valence-electron chi connectivity index (χ1n) is 26.7. The van der Waals surface area contributed by atoms with Gasteiger partial charge in [0.25, 0.3) is 0 Å². The van der Waals surface area contributed by atoms with E-state index in [9.17, 15) is 0 Å². The van der Waals surface area contributed by atoms with Crippen molar-refractivity contribution in [2.75, 3.05) is 0 Å². The monoisotopic (exact) mass is 1340 g/mol. The van der Waals surface area contributed by atoms with E-state index >= 15 is 0 Å². The van der Waals surface area contributed by atoms with Gasteiger partial charge in [-0.25, -0.2) is 0 Å². The van der Waals surface area contributed by atoms with Crippen molar-refractivity contribution in [2.45, 2.75) is 272 Å². The molecule has 0 saturated heterocycles. The van der Waals surface area contributed by atoms with Gasteiger partial charge in [-0.3, -0.25) is 0 Å². The molecule has 0 heterocycles. The molecule has 0 aliphatic rings. The molecule has 0 aromatic heterocycles. The van der Waals surface area contributed by atoms with E-state index in [4.69, 9.17) is 12.6 Å². The van der Waals surface area contributed by atoms with Crippen LogP contribution in [0.2, 0.25) is 236 Å². The van der Waals surface area contributed by atoms with Crippen molar-refractivity contribution in [1.29, 1.82) is 0 Å². The minimum atomic E-state index is -1.45. The van der Waals surface area contributed by atoms with E-state index in [2.05, 4.69) is 266 Å². The van der Waals surface area contributed by atoms with Gasteiger partial charge in [-0.05, 0) is 59.3 Å². The fourth-order valence-electron chi connectivity index (χ4n) is 15.9. The second-order valence-electron chi connectivity index (χ2n) is 34.8. The number of benzene rings is 2. The minimum Gasteiger partial charge on any atom is -0.779 e. The largest absolute Gasteiger partial charge is 0.779 e. The van der Waals surface area contributed by atoms with E-state index in [-0.39, 0.29) is 27.3 Å². The predicted octanol–water partition coefficient (Wildman–Crippen LogP) is 19.7. The Morgan fingerprint density at radius 2 is 0.426 bits per heavy atom. The van der Waals surface area contributed by atoms with Crippen LogP contribution in [0.5, 0.6) is 0 Å². The third kappa shape index (κ3) is 19.3. The van der Waals surface area contributed by atoms with E-state index in [1.54, 1.807) is 33.4 Å². The van der Waals surface area contributed by atoms with Crippen LogP contribution in [0.4, 0.5) is 0 Å². The van der Waals surface area contributed by atoms with Crippen molar-refractivity contribution < 1.29 is 0 Å². The quantitative estimate of drug-likeness (QED) is 0.106. The first kappa shape index (κ1) is 70.2. The van der Waals surface area contributed by atoms with Crippen LogP contribution in [0, 0.1) is 6.07 Å². The molecule has 14 heteroatoms. The molecule has 0 atom stereocenters. The standard InChI is InChI=1S/C27H60SSi6.C27H59Si6.Pb/c1-29(2,3)25(30(4,5)6)21-19-22(26(31(7,8)9)32(10,11)12)24(28)23(20-21)27(33(13,14)15)34(16,17)18;1-28(2,3)25(29(4,5)6)22-19-23(26(30(7,8)9)31(10,11)12)21-24(20-22)27(32(13,14)15)33(16,17)18;/h19-20,25-28H,1-18H3;19-20,25-27H,1-18H3;/p-1. The van der Waals surface area contributed by atoms with Crippen LogP contribution in [-0.2, 0) is 12.6 Å². The molecule has 0 N–H and O–H groups in total. The normalized spacial score (nSPS) is 14.9. The third-order valence-electron chi connectivity index (χ3n) is 14.4. The molecule has 68 heavy (non-hydrogen) atoms. The van der Waals surface area contributed by atoms with E-state index in [0.29, 0.717) is 10.3 Å². The topological polar surface area (TPSA) is 0 Å². The van der Waals surface area contributed by atoms with Gasteiger partial charge in [0, 0.05) is 124 Å². The Kier molecular flexibility index (Phi) is 23.8. The second-order valence-corrected chi connectivity index (χ2v) is 102. The number of hydrogen-bond donors (Lipinski definition) is 0. The maximum absolute atomic E-state index is 6.56. The summed E-state index contributed by atoms with van der Waals surface area (Å²) in [6.07, 6.45) is 0. The summed E-state index contributed by atoms with van der Waals surface area (Å²) in [5.74, 6) is 0. The molecule has 0 unspecified atom stereocenters. The molecule has 2 rings (SSSR count). The number of hydrogen-bond acceptors (Lipinski definition) is 1. The Bertz CT molecular complexity index is 1690. The molecule has 0 aliphatic heterocycles. The molecule has 2 aromatic carbocycles. The molecule has 393 valence electrons. The van der Waals surface area contributed by atoms with Gasteiger partial charge in [0.2, 0.25) is 0 Å². The second kappa shape index (κ2) is 23.0. The van der Waals surface area contributed by atoms with E-state index < -0.39 is 96.9 Å². The molecule has 0 saturated carbocycles. The van der Waals surface area contributed by atoms with Gasteiger partial charge < -0.3 is 12.6 Å². The average Bonchev–Trinajstić information content (AvgIpc) is 2.90. The van der Waals surface area contributed by atoms with Gasteiger partial charge in [0.05, 0.1) is 0 Å². The molecule has 0 amide bonds. The summed E-state index contributed by atoms with van der Waals surface area (Å²) in [4.78, 5) is 1.28. The van der Waals surface area contributed by atoms with Crippen LogP contribution in [0.15, 0.2) is 29.2 Å². The van der Waals surface area contributed by atoms with E-state index in [1.807, 2.05) is 0 Å². The van der Waals surface area contributed by atoms with Crippen LogP contribution >= 0.6 is 0 Å². The van der Waals surface area contributed by atoms with E-state index in [0.717, 1.165) is 20.7 Å². The summed E-state index contributed by atoms with van der Waals surface area (Å²) in [6, 6.07) is 15.0. The van der Waals surface area contributed by atoms with Gasteiger partial charge in [-0.15, -0.1) is 0 Å². The Morgan fingerprint density at radius 3 is 0.588 bits per heavy atom. The Hall–Kier alpha value is 2.18. The molecular formula is C54H118PbSSi12-. The zero-order valence-corrected chi connectivity index (χ0v) is 69.4. The Labute approximate surface area is 467 Å². The van der Waals surface area contributed by atoms with Crippen molar-refractivity contribution in [3.8, 4) is 0 Å². The molecule has 0 fully saturated rings. The van der Waals surface area contributed by atoms with Crippen molar-refractivity contribution in [1.82, 2.24) is 0 Å². The van der Waals surface area contributed by atoms with Crippen LogP contribution < -0.4 is 0 Å². The summed E-state index contributed by atoms with van der Waals surface area (Å²) in [6.45, 7) is 93.9. The Balaban J connectivity index is 0.00000130. The van der Waals surface area contributed by atoms with Crippen molar-refractivity contribution >= 4 is 137 Å². The third-order valence-corrected chi connectivity index (χ3v) is 70.7. The summed E-state index contributed by atoms with van der Waals surface area (Å²) in [5.41, 5.74) is 9.82. The van der Waals surface area contributed by atoms with Crippen molar-refractivity contribution in [3.05, 3.63) is 63.7 Å². The first-order chi connectivity index (χ1) is 28.8. The predicted molar refractivity (Wildman–Crippen MR) is 360 cm³/mol. The molecule has 0 nitrogen and oxygen atoms in total. The van der Waals surface area contributed by atoms with Crippen molar-refractivity contribution in [2.24, 2.45) is 0 Å². The van der Waals surface area contributed by atoms with Gasteiger partial charge in [0.1, 0.15) is 0 Å². The van der Waals surface area contributed by atoms with Crippen LogP contribution in [0.3, 0.4) is 0 Å². The molecule has 0 bridgehead atoms. The minimum absolute atomic E-state index is 0. The summed E-state index contributed by atoms with van der Waals surface area (Å²) < 4.78 is 0. The van der Waals surface area contributed by atoms with Gasteiger partial charge >= 0.3 is 0 Å². The van der Waals surface area contributed by atoms with Crippen molar-refractivity contribution in [3.63, 3.8) is 0 Å². The van der Waals surface area contributed by atoms with Crippen LogP contribution in [-0.4, -0.2) is 124 Å². The molecule has 5 radical (unpaired) electrons. The zero-order chi connectivity index (χ0) is 54.0. The maximum atomic E-state index is 6.56. The van der Waals surface area contributed by atoms with Gasteiger partial charge in [-0.1, -0.05) is 271 Å². The molecule has 0 spiro atoms. The van der Waals surface area contributed by atoms with Gasteiger partial charge in [-0.2, -0.15) is 4.90 Å². The summed E-state index contributed by atoms with van der Waals surface area (Å²) in [5, 5.41) is 4.50. The van der Waals surface area contributed by atoms with Crippen LogP contribution in [0.1, 0.15) is 64.4 Å². The molecular weight excluding hydrogens is 1220 g/mol. The Morgan fingerprint density at radius 1 is 0.265 bits per heavy atom.